The number of anilines is 2. The summed E-state index contributed by atoms with van der Waals surface area (Å²) in [7, 11) is 0. The van der Waals surface area contributed by atoms with Crippen LogP contribution < -0.4 is 10.6 Å². The summed E-state index contributed by atoms with van der Waals surface area (Å²) < 4.78 is 6.80. The molecule has 7 heteroatoms. The van der Waals surface area contributed by atoms with Crippen LogP contribution in [-0.4, -0.2) is 45.9 Å². The molecule has 0 amide bonds. The lowest BCUT2D eigenvalue weighted by atomic mass is 10.4. The summed E-state index contributed by atoms with van der Waals surface area (Å²) in [5, 5.41) is 4.03. The molecule has 0 aromatic carbocycles. The predicted octanol–water partition coefficient (Wildman–Crippen LogP) is -0.457. The van der Waals surface area contributed by atoms with Gasteiger partial charge in [0.1, 0.15) is 0 Å². The number of aromatic nitrogens is 4. The van der Waals surface area contributed by atoms with Gasteiger partial charge in [-0.25, -0.2) is 0 Å². The molecule has 1 aliphatic rings. The summed E-state index contributed by atoms with van der Waals surface area (Å²) in [4.78, 5) is 10.7. The molecule has 1 saturated heterocycles. The molecule has 0 aliphatic carbocycles. The monoisotopic (exact) mass is 220 g/mol. The molecule has 2 aromatic rings. The fraction of sp³-hybridized carbons (Fsp3) is 0.444. The van der Waals surface area contributed by atoms with E-state index >= 15 is 0 Å². The third-order valence-corrected chi connectivity index (χ3v) is 2.56. The lowest BCUT2D eigenvalue weighted by Gasteiger charge is -2.26. The quantitative estimate of drug-likeness (QED) is 0.700. The second-order valence-corrected chi connectivity index (χ2v) is 3.58. The smallest absolute Gasteiger partial charge is 0.230 e. The summed E-state index contributed by atoms with van der Waals surface area (Å²) >= 11 is 0. The number of nitrogens with two attached hydrogens (primary N) is 1. The van der Waals surface area contributed by atoms with Crippen molar-refractivity contribution in [1.29, 1.82) is 0 Å². The SMILES string of the molecule is Nc1nc(N2CCOCC2)nc2ccnn12. The predicted molar refractivity (Wildman–Crippen MR) is 58.2 cm³/mol. The molecular formula is C9H12N6O. The van der Waals surface area contributed by atoms with Gasteiger partial charge in [0.05, 0.1) is 19.4 Å². The van der Waals surface area contributed by atoms with Gasteiger partial charge in [-0.3, -0.25) is 0 Å². The first-order valence-electron chi connectivity index (χ1n) is 5.14. The van der Waals surface area contributed by atoms with E-state index in [0.717, 1.165) is 13.1 Å². The van der Waals surface area contributed by atoms with Crippen molar-refractivity contribution >= 4 is 17.5 Å². The molecule has 0 bridgehead atoms. The first-order chi connectivity index (χ1) is 7.84. The average Bonchev–Trinajstić information content (AvgIpc) is 2.79. The Balaban J connectivity index is 2.02. The Kier molecular flexibility index (Phi) is 2.10. The Morgan fingerprint density at radius 1 is 1.25 bits per heavy atom. The third-order valence-electron chi connectivity index (χ3n) is 2.56. The van der Waals surface area contributed by atoms with Crippen LogP contribution in [0.1, 0.15) is 0 Å². The maximum absolute atomic E-state index is 5.80. The zero-order valence-corrected chi connectivity index (χ0v) is 8.70. The van der Waals surface area contributed by atoms with Crippen LogP contribution in [0.2, 0.25) is 0 Å². The Morgan fingerprint density at radius 2 is 2.06 bits per heavy atom. The number of hydrogen-bond acceptors (Lipinski definition) is 6. The number of rotatable bonds is 1. The second kappa shape index (κ2) is 3.60. The third kappa shape index (κ3) is 1.45. The minimum absolute atomic E-state index is 0.358. The molecule has 0 unspecified atom stereocenters. The summed E-state index contributed by atoms with van der Waals surface area (Å²) in [5.74, 6) is 1.00. The van der Waals surface area contributed by atoms with E-state index in [1.807, 2.05) is 6.07 Å². The van der Waals surface area contributed by atoms with Gasteiger partial charge in [-0.15, -0.1) is 0 Å². The number of morpholine rings is 1. The maximum atomic E-state index is 5.80. The van der Waals surface area contributed by atoms with Gasteiger partial charge in [0.15, 0.2) is 5.65 Å². The highest BCUT2D eigenvalue weighted by Crippen LogP contribution is 2.13. The molecule has 0 radical (unpaired) electrons. The maximum Gasteiger partial charge on any atom is 0.230 e. The topological polar surface area (TPSA) is 81.6 Å². The molecule has 3 heterocycles. The van der Waals surface area contributed by atoms with Gasteiger partial charge in [0, 0.05) is 19.2 Å². The molecule has 0 spiro atoms. The zero-order valence-electron chi connectivity index (χ0n) is 8.70. The second-order valence-electron chi connectivity index (χ2n) is 3.58. The van der Waals surface area contributed by atoms with Gasteiger partial charge < -0.3 is 15.4 Å². The molecule has 2 N–H and O–H groups in total. The van der Waals surface area contributed by atoms with Gasteiger partial charge >= 0.3 is 0 Å². The zero-order chi connectivity index (χ0) is 11.0. The highest BCUT2D eigenvalue weighted by Gasteiger charge is 2.15. The van der Waals surface area contributed by atoms with Gasteiger partial charge in [-0.05, 0) is 0 Å². The largest absolute Gasteiger partial charge is 0.378 e. The molecule has 84 valence electrons. The summed E-state index contributed by atoms with van der Waals surface area (Å²) in [5.41, 5.74) is 6.52. The van der Waals surface area contributed by atoms with E-state index in [-0.39, 0.29) is 0 Å². The molecule has 7 nitrogen and oxygen atoms in total. The van der Waals surface area contributed by atoms with Gasteiger partial charge in [0.25, 0.3) is 0 Å². The van der Waals surface area contributed by atoms with Crippen LogP contribution in [0, 0.1) is 0 Å². The number of ether oxygens (including phenoxy) is 1. The van der Waals surface area contributed by atoms with Crippen molar-refractivity contribution in [2.75, 3.05) is 36.9 Å². The van der Waals surface area contributed by atoms with Crippen LogP contribution in [0.25, 0.3) is 5.65 Å². The molecule has 16 heavy (non-hydrogen) atoms. The first kappa shape index (κ1) is 9.34. The van der Waals surface area contributed by atoms with Crippen molar-refractivity contribution in [2.45, 2.75) is 0 Å². The van der Waals surface area contributed by atoms with Crippen LogP contribution >= 0.6 is 0 Å². The highest BCUT2D eigenvalue weighted by atomic mass is 16.5. The first-order valence-corrected chi connectivity index (χ1v) is 5.14. The van der Waals surface area contributed by atoms with E-state index < -0.39 is 0 Å². The minimum Gasteiger partial charge on any atom is -0.378 e. The van der Waals surface area contributed by atoms with E-state index in [2.05, 4.69) is 20.0 Å². The average molecular weight is 220 g/mol. The Bertz CT molecular complexity index is 504. The van der Waals surface area contributed by atoms with Crippen molar-refractivity contribution in [1.82, 2.24) is 19.6 Å². The van der Waals surface area contributed by atoms with E-state index in [9.17, 15) is 0 Å². The van der Waals surface area contributed by atoms with E-state index in [1.165, 1.54) is 4.52 Å². The molecule has 0 saturated carbocycles. The molecule has 2 aromatic heterocycles. The Hall–Kier alpha value is -1.89. The van der Waals surface area contributed by atoms with E-state index in [4.69, 9.17) is 10.5 Å². The minimum atomic E-state index is 0.358. The molecule has 1 fully saturated rings. The molecule has 0 atom stereocenters. The van der Waals surface area contributed by atoms with Gasteiger partial charge in [0.2, 0.25) is 11.9 Å². The lowest BCUT2D eigenvalue weighted by molar-refractivity contribution is 0.122. The fourth-order valence-electron chi connectivity index (χ4n) is 1.74. The number of fused-ring (bicyclic) bond motifs is 1. The number of nitrogen functional groups attached to an aromatic ring is 1. The summed E-state index contributed by atoms with van der Waals surface area (Å²) in [6.07, 6.45) is 1.66. The summed E-state index contributed by atoms with van der Waals surface area (Å²) in [6.45, 7) is 2.99. The molecular weight excluding hydrogens is 208 g/mol. The van der Waals surface area contributed by atoms with Crippen molar-refractivity contribution in [3.05, 3.63) is 12.3 Å². The number of nitrogens with zero attached hydrogens (tertiary/aromatic N) is 5. The lowest BCUT2D eigenvalue weighted by Crippen LogP contribution is -2.37. The van der Waals surface area contributed by atoms with Crippen molar-refractivity contribution in [3.8, 4) is 0 Å². The fourth-order valence-corrected chi connectivity index (χ4v) is 1.74. The Morgan fingerprint density at radius 3 is 2.88 bits per heavy atom. The summed E-state index contributed by atoms with van der Waals surface area (Å²) in [6, 6.07) is 1.81. The van der Waals surface area contributed by atoms with Gasteiger partial charge in [-0.2, -0.15) is 19.6 Å². The van der Waals surface area contributed by atoms with Gasteiger partial charge in [-0.1, -0.05) is 0 Å². The van der Waals surface area contributed by atoms with Crippen LogP contribution in [0.5, 0.6) is 0 Å². The van der Waals surface area contributed by atoms with Crippen molar-refractivity contribution in [2.24, 2.45) is 0 Å². The van der Waals surface area contributed by atoms with Crippen molar-refractivity contribution in [3.63, 3.8) is 0 Å². The Labute approximate surface area is 91.8 Å². The number of hydrogen-bond donors (Lipinski definition) is 1. The van der Waals surface area contributed by atoms with Crippen LogP contribution in [-0.2, 0) is 4.74 Å². The highest BCUT2D eigenvalue weighted by molar-refractivity contribution is 5.48. The van der Waals surface area contributed by atoms with E-state index in [0.29, 0.717) is 30.8 Å². The van der Waals surface area contributed by atoms with Crippen LogP contribution in [0.3, 0.4) is 0 Å². The van der Waals surface area contributed by atoms with Crippen LogP contribution in [0.4, 0.5) is 11.9 Å². The standard InChI is InChI=1S/C9H12N6O/c10-8-13-9(14-3-5-16-6-4-14)12-7-1-2-11-15(7)8/h1-2H,3-6H2,(H2,10,12,13). The molecule has 1 aliphatic heterocycles. The van der Waals surface area contributed by atoms with E-state index in [1.54, 1.807) is 6.20 Å². The van der Waals surface area contributed by atoms with Crippen molar-refractivity contribution < 1.29 is 4.74 Å². The van der Waals surface area contributed by atoms with Crippen LogP contribution in [0.15, 0.2) is 12.3 Å². The molecule has 3 rings (SSSR count). The normalized spacial score (nSPS) is 16.9.